The lowest BCUT2D eigenvalue weighted by molar-refractivity contribution is 0.0895. The van der Waals surface area contributed by atoms with E-state index in [0.717, 1.165) is 35.2 Å². The second kappa shape index (κ2) is 7.27. The van der Waals surface area contributed by atoms with Crippen molar-refractivity contribution in [3.8, 4) is 16.9 Å². The molecule has 0 radical (unpaired) electrons. The Morgan fingerprint density at radius 1 is 1.11 bits per heavy atom. The van der Waals surface area contributed by atoms with Gasteiger partial charge in [0.15, 0.2) is 0 Å². The molecular formula is C22H22N2O3. The van der Waals surface area contributed by atoms with Gasteiger partial charge in [0, 0.05) is 43.1 Å². The predicted molar refractivity (Wildman–Crippen MR) is 105 cm³/mol. The number of carbonyl (C=O) groups is 1. The van der Waals surface area contributed by atoms with Crippen molar-refractivity contribution in [2.24, 2.45) is 0 Å². The topological polar surface area (TPSA) is 62.7 Å². The molecule has 0 bridgehead atoms. The van der Waals surface area contributed by atoms with E-state index in [4.69, 9.17) is 9.84 Å². The molecule has 0 spiro atoms. The number of likely N-dealkylation sites (tertiary alicyclic amines) is 1. The molecule has 1 fully saturated rings. The molecule has 0 aliphatic carbocycles. The van der Waals surface area contributed by atoms with Crippen LogP contribution in [-0.4, -0.2) is 40.3 Å². The summed E-state index contributed by atoms with van der Waals surface area (Å²) >= 11 is 0. The van der Waals surface area contributed by atoms with Crippen molar-refractivity contribution in [3.05, 3.63) is 60.3 Å². The molecule has 27 heavy (non-hydrogen) atoms. The van der Waals surface area contributed by atoms with Crippen molar-refractivity contribution in [1.29, 1.82) is 0 Å². The first-order chi connectivity index (χ1) is 13.1. The molecule has 1 saturated heterocycles. The summed E-state index contributed by atoms with van der Waals surface area (Å²) in [5.41, 5.74) is 4.45. The zero-order chi connectivity index (χ0) is 18.8. The van der Waals surface area contributed by atoms with Crippen LogP contribution in [0.1, 0.15) is 18.4 Å². The van der Waals surface area contributed by atoms with Crippen molar-refractivity contribution >= 4 is 17.0 Å². The molecule has 2 heterocycles. The highest BCUT2D eigenvalue weighted by Gasteiger charge is 2.23. The number of aromatic nitrogens is 1. The maximum atomic E-state index is 11.0. The average molecular weight is 362 g/mol. The molecule has 1 amide bonds. The third-order valence-corrected chi connectivity index (χ3v) is 5.23. The number of benzene rings is 2. The smallest absolute Gasteiger partial charge is 0.407 e. The van der Waals surface area contributed by atoms with Gasteiger partial charge in [0.2, 0.25) is 0 Å². The van der Waals surface area contributed by atoms with E-state index in [2.05, 4.69) is 30.1 Å². The van der Waals surface area contributed by atoms with Gasteiger partial charge in [-0.25, -0.2) is 4.79 Å². The Labute approximate surface area is 158 Å². The standard InChI is InChI=1S/C22H22N2O3/c1-15-19-4-2-3-5-21(19)23-14-20(15)16-6-8-17(9-7-16)27-18-10-12-24(13-11-18)22(25)26/h2-9,14,18H,10-13H2,1H3,(H,25,26). The number of fused-ring (bicyclic) bond motifs is 1. The molecule has 1 aromatic heterocycles. The van der Waals surface area contributed by atoms with E-state index in [0.29, 0.717) is 13.1 Å². The molecule has 138 valence electrons. The minimum absolute atomic E-state index is 0.0653. The fourth-order valence-electron chi connectivity index (χ4n) is 3.64. The summed E-state index contributed by atoms with van der Waals surface area (Å²) in [5.74, 6) is 0.818. The molecule has 4 rings (SSSR count). The predicted octanol–water partition coefficient (Wildman–Crippen LogP) is 4.73. The highest BCUT2D eigenvalue weighted by molar-refractivity contribution is 5.88. The number of amides is 1. The summed E-state index contributed by atoms with van der Waals surface area (Å²) in [7, 11) is 0. The van der Waals surface area contributed by atoms with E-state index in [-0.39, 0.29) is 6.10 Å². The van der Waals surface area contributed by atoms with Crippen molar-refractivity contribution in [2.75, 3.05) is 13.1 Å². The van der Waals surface area contributed by atoms with E-state index >= 15 is 0 Å². The quantitative estimate of drug-likeness (QED) is 0.731. The number of aryl methyl sites for hydroxylation is 1. The fourth-order valence-corrected chi connectivity index (χ4v) is 3.64. The Balaban J connectivity index is 1.48. The van der Waals surface area contributed by atoms with E-state index in [9.17, 15) is 4.79 Å². The molecule has 1 aliphatic rings. The van der Waals surface area contributed by atoms with Crippen LogP contribution in [0.2, 0.25) is 0 Å². The van der Waals surface area contributed by atoms with Crippen LogP contribution in [0, 0.1) is 6.92 Å². The SMILES string of the molecule is Cc1c(-c2ccc(OC3CCN(C(=O)O)CC3)cc2)cnc2ccccc12. The van der Waals surface area contributed by atoms with E-state index in [1.54, 1.807) is 0 Å². The molecule has 3 aromatic rings. The van der Waals surface area contributed by atoms with Gasteiger partial charge >= 0.3 is 6.09 Å². The first kappa shape index (κ1) is 17.3. The van der Waals surface area contributed by atoms with Gasteiger partial charge in [0.25, 0.3) is 0 Å². The number of hydrogen-bond donors (Lipinski definition) is 1. The van der Waals surface area contributed by atoms with Gasteiger partial charge in [-0.3, -0.25) is 4.98 Å². The Kier molecular flexibility index (Phi) is 4.67. The highest BCUT2D eigenvalue weighted by atomic mass is 16.5. The van der Waals surface area contributed by atoms with Crippen LogP contribution in [0.5, 0.6) is 5.75 Å². The lowest BCUT2D eigenvalue weighted by Gasteiger charge is -2.30. The van der Waals surface area contributed by atoms with Gasteiger partial charge in [-0.2, -0.15) is 0 Å². The maximum Gasteiger partial charge on any atom is 0.407 e. The second-order valence-electron chi connectivity index (χ2n) is 6.93. The Morgan fingerprint density at radius 3 is 2.52 bits per heavy atom. The largest absolute Gasteiger partial charge is 0.490 e. The minimum atomic E-state index is -0.850. The van der Waals surface area contributed by atoms with Gasteiger partial charge in [0.05, 0.1) is 5.52 Å². The van der Waals surface area contributed by atoms with Crippen LogP contribution in [0.4, 0.5) is 4.79 Å². The number of nitrogens with zero attached hydrogens (tertiary/aromatic N) is 2. The molecule has 0 unspecified atom stereocenters. The van der Waals surface area contributed by atoms with Gasteiger partial charge in [-0.1, -0.05) is 30.3 Å². The number of hydrogen-bond acceptors (Lipinski definition) is 3. The van der Waals surface area contributed by atoms with Gasteiger partial charge < -0.3 is 14.7 Å². The van der Waals surface area contributed by atoms with E-state index in [1.165, 1.54) is 15.8 Å². The number of ether oxygens (including phenoxy) is 1. The summed E-state index contributed by atoms with van der Waals surface area (Å²) in [6, 6.07) is 16.2. The number of pyridine rings is 1. The lowest BCUT2D eigenvalue weighted by Crippen LogP contribution is -2.41. The average Bonchev–Trinajstić information content (AvgIpc) is 2.70. The lowest BCUT2D eigenvalue weighted by atomic mass is 9.99. The molecule has 5 heteroatoms. The fraction of sp³-hybridized carbons (Fsp3) is 0.273. The van der Waals surface area contributed by atoms with Crippen LogP contribution in [-0.2, 0) is 0 Å². The number of rotatable bonds is 3. The molecule has 0 atom stereocenters. The second-order valence-corrected chi connectivity index (χ2v) is 6.93. The Bertz CT molecular complexity index is 961. The van der Waals surface area contributed by atoms with E-state index in [1.807, 2.05) is 36.5 Å². The Morgan fingerprint density at radius 2 is 1.81 bits per heavy atom. The van der Waals surface area contributed by atoms with Crippen molar-refractivity contribution in [1.82, 2.24) is 9.88 Å². The van der Waals surface area contributed by atoms with Gasteiger partial charge in [0.1, 0.15) is 11.9 Å². The molecular weight excluding hydrogens is 340 g/mol. The van der Waals surface area contributed by atoms with E-state index < -0.39 is 6.09 Å². The summed E-state index contributed by atoms with van der Waals surface area (Å²) < 4.78 is 6.04. The summed E-state index contributed by atoms with van der Waals surface area (Å²) in [4.78, 5) is 17.0. The third-order valence-electron chi connectivity index (χ3n) is 5.23. The third kappa shape index (κ3) is 3.58. The first-order valence-electron chi connectivity index (χ1n) is 9.21. The molecule has 0 saturated carbocycles. The van der Waals surface area contributed by atoms with Crippen LogP contribution in [0.3, 0.4) is 0 Å². The summed E-state index contributed by atoms with van der Waals surface area (Å²) in [6.45, 7) is 3.18. The monoisotopic (exact) mass is 362 g/mol. The normalized spacial score (nSPS) is 15.1. The zero-order valence-electron chi connectivity index (χ0n) is 15.3. The number of para-hydroxylation sites is 1. The number of carboxylic acid groups (broad SMARTS) is 1. The zero-order valence-corrected chi connectivity index (χ0v) is 15.3. The van der Waals surface area contributed by atoms with Crippen LogP contribution < -0.4 is 4.74 Å². The maximum absolute atomic E-state index is 11.0. The van der Waals surface area contributed by atoms with Crippen molar-refractivity contribution in [2.45, 2.75) is 25.9 Å². The van der Waals surface area contributed by atoms with Crippen LogP contribution in [0.15, 0.2) is 54.7 Å². The van der Waals surface area contributed by atoms with Gasteiger partial charge in [-0.15, -0.1) is 0 Å². The highest BCUT2D eigenvalue weighted by Crippen LogP contribution is 2.30. The summed E-state index contributed by atoms with van der Waals surface area (Å²) in [6.07, 6.45) is 2.59. The minimum Gasteiger partial charge on any atom is -0.490 e. The molecule has 1 N–H and O–H groups in total. The van der Waals surface area contributed by atoms with Crippen molar-refractivity contribution in [3.63, 3.8) is 0 Å². The van der Waals surface area contributed by atoms with Crippen LogP contribution in [0.25, 0.3) is 22.0 Å². The first-order valence-corrected chi connectivity index (χ1v) is 9.21. The molecule has 5 nitrogen and oxygen atoms in total. The molecule has 1 aliphatic heterocycles. The number of piperidine rings is 1. The summed E-state index contributed by atoms with van der Waals surface area (Å²) in [5, 5.41) is 10.2. The molecule has 2 aromatic carbocycles. The van der Waals surface area contributed by atoms with Crippen molar-refractivity contribution < 1.29 is 14.6 Å². The Hall–Kier alpha value is -3.08. The van der Waals surface area contributed by atoms with Gasteiger partial charge in [-0.05, 0) is 36.2 Å². The van der Waals surface area contributed by atoms with Crippen LogP contribution >= 0.6 is 0 Å².